The van der Waals surface area contributed by atoms with Crippen LogP contribution >= 0.6 is 0 Å². The van der Waals surface area contributed by atoms with Crippen molar-refractivity contribution in [1.29, 1.82) is 0 Å². The van der Waals surface area contributed by atoms with Gasteiger partial charge in [-0.25, -0.2) is 0 Å². The van der Waals surface area contributed by atoms with Gasteiger partial charge in [0.05, 0.1) is 16.8 Å². The zero-order valence-electron chi connectivity index (χ0n) is 16.5. The summed E-state index contributed by atoms with van der Waals surface area (Å²) in [6.45, 7) is 0. The van der Waals surface area contributed by atoms with Gasteiger partial charge < -0.3 is 16.4 Å². The first kappa shape index (κ1) is 21.2. The highest BCUT2D eigenvalue weighted by atomic mass is 32.2. The van der Waals surface area contributed by atoms with Crippen molar-refractivity contribution >= 4 is 50.3 Å². The van der Waals surface area contributed by atoms with Crippen LogP contribution in [0, 0.1) is 0 Å². The lowest BCUT2D eigenvalue weighted by atomic mass is 9.82. The van der Waals surface area contributed by atoms with Crippen molar-refractivity contribution in [2.45, 2.75) is 0 Å². The summed E-state index contributed by atoms with van der Waals surface area (Å²) >= 11 is 0. The normalized spacial score (nSPS) is 12.7. The molecule has 1 amide bonds. The van der Waals surface area contributed by atoms with Crippen molar-refractivity contribution in [2.24, 2.45) is 0 Å². The molecule has 0 fully saturated rings. The van der Waals surface area contributed by atoms with Crippen LogP contribution in [-0.4, -0.2) is 36.2 Å². The van der Waals surface area contributed by atoms with E-state index in [4.69, 9.17) is 10.3 Å². The smallest absolute Gasteiger partial charge is 0.274 e. The predicted octanol–water partition coefficient (Wildman–Crippen LogP) is 2.61. The number of nitrogens with one attached hydrogen (secondary N) is 2. The van der Waals surface area contributed by atoms with E-state index in [0.29, 0.717) is 28.2 Å². The minimum absolute atomic E-state index is 0.146. The Labute approximate surface area is 183 Å². The molecule has 9 nitrogen and oxygen atoms in total. The maximum atomic E-state index is 13.1. The van der Waals surface area contributed by atoms with Crippen LogP contribution < -0.4 is 16.4 Å². The molecule has 0 bridgehead atoms. The van der Waals surface area contributed by atoms with Gasteiger partial charge in [0.1, 0.15) is 0 Å². The van der Waals surface area contributed by atoms with Gasteiger partial charge in [-0.1, -0.05) is 24.3 Å². The fourth-order valence-corrected chi connectivity index (χ4v) is 3.91. The van der Waals surface area contributed by atoms with E-state index in [2.05, 4.69) is 10.6 Å². The molecule has 4 rings (SSSR count). The van der Waals surface area contributed by atoms with E-state index in [-0.39, 0.29) is 28.4 Å². The lowest BCUT2D eigenvalue weighted by molar-refractivity contribution is -0.113. The minimum Gasteiger partial charge on any atom is -0.398 e. The van der Waals surface area contributed by atoms with Crippen LogP contribution in [0.5, 0.6) is 0 Å². The highest BCUT2D eigenvalue weighted by Crippen LogP contribution is 2.36. The number of amides is 1. The zero-order chi connectivity index (χ0) is 23.0. The van der Waals surface area contributed by atoms with Crippen molar-refractivity contribution in [3.63, 3.8) is 0 Å². The van der Waals surface area contributed by atoms with E-state index in [1.54, 1.807) is 48.5 Å². The molecule has 3 aromatic carbocycles. The Morgan fingerprint density at radius 2 is 1.41 bits per heavy atom. The molecule has 0 radical (unpaired) electrons. The molecule has 5 N–H and O–H groups in total. The average Bonchev–Trinajstić information content (AvgIpc) is 2.73. The van der Waals surface area contributed by atoms with E-state index in [1.165, 1.54) is 12.1 Å². The molecule has 162 valence electrons. The lowest BCUT2D eigenvalue weighted by Crippen LogP contribution is -2.23. The first-order chi connectivity index (χ1) is 15.1. The van der Waals surface area contributed by atoms with E-state index >= 15 is 0 Å². The summed E-state index contributed by atoms with van der Waals surface area (Å²) in [6.07, 6.45) is 0. The van der Waals surface area contributed by atoms with Crippen LogP contribution in [0.2, 0.25) is 0 Å². The molecule has 1 aliphatic rings. The Kier molecular flexibility index (Phi) is 5.25. The third-order valence-electron chi connectivity index (χ3n) is 4.87. The number of rotatable bonds is 5. The molecule has 0 unspecified atom stereocenters. The number of hydrogen-bond donors (Lipinski definition) is 4. The number of carbonyl (C=O) groups excluding carboxylic acids is 3. The monoisotopic (exact) mass is 451 g/mol. The SMILES string of the molecule is Nc1ccc(Nc2ccc(NC(=O)CS(=O)(=O)O)cc2)c2c1C(=O)c1ccccc1C2=O. The van der Waals surface area contributed by atoms with Crippen molar-refractivity contribution in [2.75, 3.05) is 22.1 Å². The highest BCUT2D eigenvalue weighted by Gasteiger charge is 2.33. The number of ketones is 2. The molecule has 3 aromatic rings. The summed E-state index contributed by atoms with van der Waals surface area (Å²) in [5, 5.41) is 5.43. The van der Waals surface area contributed by atoms with E-state index in [1.807, 2.05) is 0 Å². The largest absolute Gasteiger partial charge is 0.398 e. The minimum atomic E-state index is -4.43. The maximum absolute atomic E-state index is 13.1. The van der Waals surface area contributed by atoms with E-state index < -0.39 is 21.8 Å². The van der Waals surface area contributed by atoms with E-state index in [0.717, 1.165) is 0 Å². The maximum Gasteiger partial charge on any atom is 0.274 e. The van der Waals surface area contributed by atoms with Gasteiger partial charge in [-0.15, -0.1) is 0 Å². The molecule has 10 heteroatoms. The summed E-state index contributed by atoms with van der Waals surface area (Å²) < 4.78 is 30.3. The standard InChI is InChI=1S/C22H17N3O6S/c23-16-9-10-17(20-19(16)21(27)14-3-1-2-4-15(14)22(20)28)24-12-5-7-13(8-6-12)25-18(26)11-32(29,30)31/h1-10,24H,11,23H2,(H,25,26)(H,29,30,31). The van der Waals surface area contributed by atoms with Crippen LogP contribution in [0.3, 0.4) is 0 Å². The van der Waals surface area contributed by atoms with Crippen molar-refractivity contribution in [3.05, 3.63) is 82.9 Å². The molecule has 1 aliphatic carbocycles. The number of anilines is 4. The van der Waals surface area contributed by atoms with Gasteiger partial charge in [0.25, 0.3) is 10.1 Å². The molecule has 0 saturated carbocycles. The topological polar surface area (TPSA) is 156 Å². The Morgan fingerprint density at radius 1 is 0.844 bits per heavy atom. The molecular weight excluding hydrogens is 434 g/mol. The van der Waals surface area contributed by atoms with Gasteiger partial charge in [0.2, 0.25) is 5.91 Å². The third-order valence-corrected chi connectivity index (χ3v) is 5.50. The van der Waals surface area contributed by atoms with Gasteiger partial charge in [0.15, 0.2) is 17.3 Å². The van der Waals surface area contributed by atoms with E-state index in [9.17, 15) is 22.8 Å². The summed E-state index contributed by atoms with van der Waals surface area (Å²) in [6, 6.07) is 15.9. The molecule has 0 atom stereocenters. The summed E-state index contributed by atoms with van der Waals surface area (Å²) in [4.78, 5) is 37.7. The molecule has 0 heterocycles. The second-order valence-corrected chi connectivity index (χ2v) is 8.59. The van der Waals surface area contributed by atoms with Crippen molar-refractivity contribution in [1.82, 2.24) is 0 Å². The molecule has 32 heavy (non-hydrogen) atoms. The molecule has 0 spiro atoms. The van der Waals surface area contributed by atoms with Crippen LogP contribution in [0.15, 0.2) is 60.7 Å². The van der Waals surface area contributed by atoms with Crippen molar-refractivity contribution < 1.29 is 27.4 Å². The van der Waals surface area contributed by atoms with Gasteiger partial charge in [-0.2, -0.15) is 8.42 Å². The molecular formula is C22H17N3O6S. The van der Waals surface area contributed by atoms with Gasteiger partial charge in [-0.05, 0) is 36.4 Å². The molecule has 0 aliphatic heterocycles. The Bertz CT molecular complexity index is 1380. The number of benzene rings is 3. The first-order valence-electron chi connectivity index (χ1n) is 9.37. The lowest BCUT2D eigenvalue weighted by Gasteiger charge is -2.22. The van der Waals surface area contributed by atoms with Crippen LogP contribution in [-0.2, 0) is 14.9 Å². The zero-order valence-corrected chi connectivity index (χ0v) is 17.3. The first-order valence-corrected chi connectivity index (χ1v) is 11.0. The number of nitrogens with two attached hydrogens (primary N) is 1. The number of nitrogen functional groups attached to an aromatic ring is 1. The van der Waals surface area contributed by atoms with Crippen LogP contribution in [0.25, 0.3) is 0 Å². The number of hydrogen-bond acceptors (Lipinski definition) is 7. The Balaban J connectivity index is 1.62. The Hall–Kier alpha value is -4.02. The number of fused-ring (bicyclic) bond motifs is 2. The van der Waals surface area contributed by atoms with Crippen LogP contribution in [0.4, 0.5) is 22.7 Å². The van der Waals surface area contributed by atoms with Crippen molar-refractivity contribution in [3.8, 4) is 0 Å². The summed E-state index contributed by atoms with van der Waals surface area (Å²) in [5.41, 5.74) is 8.41. The average molecular weight is 451 g/mol. The predicted molar refractivity (Wildman–Crippen MR) is 119 cm³/mol. The second kappa shape index (κ2) is 7.91. The van der Waals surface area contributed by atoms with Gasteiger partial charge in [0, 0.05) is 28.2 Å². The number of carbonyl (C=O) groups is 3. The quantitative estimate of drug-likeness (QED) is 0.266. The fraction of sp³-hybridized carbons (Fsp3) is 0.0455. The summed E-state index contributed by atoms with van der Waals surface area (Å²) in [7, 11) is -4.43. The fourth-order valence-electron chi connectivity index (χ4n) is 3.51. The summed E-state index contributed by atoms with van der Waals surface area (Å²) in [5.74, 6) is -2.58. The van der Waals surface area contributed by atoms with Crippen LogP contribution in [0.1, 0.15) is 31.8 Å². The third kappa shape index (κ3) is 4.09. The second-order valence-electron chi connectivity index (χ2n) is 7.13. The molecule has 0 aromatic heterocycles. The molecule has 0 saturated heterocycles. The van der Waals surface area contributed by atoms with Gasteiger partial charge >= 0.3 is 0 Å². The highest BCUT2D eigenvalue weighted by molar-refractivity contribution is 7.86. The Morgan fingerprint density at radius 3 is 2.00 bits per heavy atom. The van der Waals surface area contributed by atoms with Gasteiger partial charge in [-0.3, -0.25) is 18.9 Å².